The summed E-state index contributed by atoms with van der Waals surface area (Å²) in [7, 11) is 0. The number of hydrogen-bond acceptors (Lipinski definition) is 4. The maximum atomic E-state index is 13.3. The molecule has 116 valence electrons. The molecule has 0 aliphatic carbocycles. The van der Waals surface area contributed by atoms with Gasteiger partial charge in [0, 0.05) is 24.8 Å². The predicted octanol–water partition coefficient (Wildman–Crippen LogP) is 0.886. The monoisotopic (exact) mass is 305 g/mol. The molecule has 1 aromatic heterocycles. The molecule has 1 amide bonds. The molecule has 1 heterocycles. The lowest BCUT2D eigenvalue weighted by molar-refractivity contribution is -0.123. The highest BCUT2D eigenvalue weighted by Crippen LogP contribution is 2.14. The topological polar surface area (TPSA) is 73.2 Å². The van der Waals surface area contributed by atoms with Crippen LogP contribution in [0.4, 0.5) is 4.39 Å². The third-order valence-electron chi connectivity index (χ3n) is 2.94. The van der Waals surface area contributed by atoms with Crippen LogP contribution in [-0.4, -0.2) is 28.6 Å². The van der Waals surface area contributed by atoms with Crippen LogP contribution >= 0.6 is 0 Å². The third kappa shape index (κ3) is 4.15. The van der Waals surface area contributed by atoms with Gasteiger partial charge in [0.15, 0.2) is 18.2 Å². The molecule has 22 heavy (non-hydrogen) atoms. The number of nitrogens with zero attached hydrogens (tertiary/aromatic N) is 2. The Balaban J connectivity index is 1.78. The van der Waals surface area contributed by atoms with E-state index in [1.54, 1.807) is 13.0 Å². The van der Waals surface area contributed by atoms with E-state index in [4.69, 9.17) is 4.74 Å². The average molecular weight is 305 g/mol. The SMILES string of the molecule is Cc1cncn(CCNC(=O)COc2ccccc2F)c1=O. The Bertz CT molecular complexity index is 715. The number of aryl methyl sites for hydroxylation is 1. The molecule has 7 heteroatoms. The summed E-state index contributed by atoms with van der Waals surface area (Å²) in [6.07, 6.45) is 2.90. The second-order valence-corrected chi connectivity index (χ2v) is 4.64. The molecule has 2 aromatic rings. The van der Waals surface area contributed by atoms with Crippen LogP contribution in [-0.2, 0) is 11.3 Å². The van der Waals surface area contributed by atoms with Crippen LogP contribution in [0.3, 0.4) is 0 Å². The maximum Gasteiger partial charge on any atom is 0.258 e. The highest BCUT2D eigenvalue weighted by molar-refractivity contribution is 5.77. The van der Waals surface area contributed by atoms with Crippen molar-refractivity contribution in [3.63, 3.8) is 0 Å². The van der Waals surface area contributed by atoms with E-state index in [0.29, 0.717) is 12.1 Å². The molecule has 0 radical (unpaired) electrons. The summed E-state index contributed by atoms with van der Waals surface area (Å²) >= 11 is 0. The number of benzene rings is 1. The van der Waals surface area contributed by atoms with Crippen LogP contribution in [0, 0.1) is 12.7 Å². The standard InChI is InChI=1S/C15H16FN3O3/c1-11-8-17-10-19(15(11)21)7-6-18-14(20)9-22-13-5-3-2-4-12(13)16/h2-5,8,10H,6-7,9H2,1H3,(H,18,20). The van der Waals surface area contributed by atoms with Gasteiger partial charge in [-0.25, -0.2) is 9.37 Å². The summed E-state index contributed by atoms with van der Waals surface area (Å²) in [5.74, 6) is -0.888. The summed E-state index contributed by atoms with van der Waals surface area (Å²) < 4.78 is 19.8. The van der Waals surface area contributed by atoms with Gasteiger partial charge in [0.25, 0.3) is 11.5 Å². The zero-order chi connectivity index (χ0) is 15.9. The quantitative estimate of drug-likeness (QED) is 0.860. The summed E-state index contributed by atoms with van der Waals surface area (Å²) in [5.41, 5.74) is 0.392. The fourth-order valence-electron chi connectivity index (χ4n) is 1.79. The van der Waals surface area contributed by atoms with E-state index in [9.17, 15) is 14.0 Å². The minimum absolute atomic E-state index is 0.0248. The van der Waals surface area contributed by atoms with Crippen molar-refractivity contribution in [3.05, 3.63) is 58.5 Å². The number of ether oxygens (including phenoxy) is 1. The maximum absolute atomic E-state index is 13.3. The highest BCUT2D eigenvalue weighted by atomic mass is 19.1. The van der Waals surface area contributed by atoms with Gasteiger partial charge < -0.3 is 10.1 Å². The second kappa shape index (κ2) is 7.35. The van der Waals surface area contributed by atoms with Crippen molar-refractivity contribution >= 4 is 5.91 Å². The zero-order valence-electron chi connectivity index (χ0n) is 12.1. The number of rotatable bonds is 6. The van der Waals surface area contributed by atoms with E-state index in [-0.39, 0.29) is 24.5 Å². The molecule has 1 aromatic carbocycles. The lowest BCUT2D eigenvalue weighted by Gasteiger charge is -2.09. The number of carbonyl (C=O) groups excluding carboxylic acids is 1. The Morgan fingerprint density at radius 3 is 2.95 bits per heavy atom. The van der Waals surface area contributed by atoms with Crippen molar-refractivity contribution in [2.24, 2.45) is 0 Å². The number of para-hydroxylation sites is 1. The number of carbonyl (C=O) groups is 1. The number of halogens is 1. The molecule has 2 rings (SSSR count). The molecule has 0 spiro atoms. The van der Waals surface area contributed by atoms with Crippen molar-refractivity contribution in [2.75, 3.05) is 13.2 Å². The first kappa shape index (κ1) is 15.7. The minimum atomic E-state index is -0.521. The Labute approximate surface area is 126 Å². The summed E-state index contributed by atoms with van der Waals surface area (Å²) in [6, 6.07) is 5.86. The number of amides is 1. The van der Waals surface area contributed by atoms with Crippen LogP contribution in [0.15, 0.2) is 41.6 Å². The van der Waals surface area contributed by atoms with Gasteiger partial charge >= 0.3 is 0 Å². The minimum Gasteiger partial charge on any atom is -0.481 e. The van der Waals surface area contributed by atoms with Crippen LogP contribution in [0.1, 0.15) is 5.56 Å². The van der Waals surface area contributed by atoms with Gasteiger partial charge in [0.1, 0.15) is 0 Å². The summed E-state index contributed by atoms with van der Waals surface area (Å²) in [4.78, 5) is 27.3. The zero-order valence-corrected chi connectivity index (χ0v) is 12.1. The van der Waals surface area contributed by atoms with Crippen LogP contribution < -0.4 is 15.6 Å². The predicted molar refractivity (Wildman–Crippen MR) is 78.1 cm³/mol. The Morgan fingerprint density at radius 2 is 2.18 bits per heavy atom. The van der Waals surface area contributed by atoms with E-state index in [1.807, 2.05) is 0 Å². The van der Waals surface area contributed by atoms with Gasteiger partial charge in [0.05, 0.1) is 6.33 Å². The lowest BCUT2D eigenvalue weighted by atomic mass is 10.3. The molecular formula is C15H16FN3O3. The van der Waals surface area contributed by atoms with Crippen LogP contribution in [0.25, 0.3) is 0 Å². The molecule has 1 N–H and O–H groups in total. The molecule has 0 fully saturated rings. The molecule has 0 aliphatic rings. The third-order valence-corrected chi connectivity index (χ3v) is 2.94. The van der Waals surface area contributed by atoms with Crippen LogP contribution in [0.2, 0.25) is 0 Å². The molecule has 0 bridgehead atoms. The number of hydrogen-bond donors (Lipinski definition) is 1. The van der Waals surface area contributed by atoms with E-state index < -0.39 is 11.7 Å². The fourth-order valence-corrected chi connectivity index (χ4v) is 1.79. The number of aromatic nitrogens is 2. The van der Waals surface area contributed by atoms with E-state index >= 15 is 0 Å². The Kier molecular flexibility index (Phi) is 5.24. The number of nitrogens with one attached hydrogen (secondary N) is 1. The average Bonchev–Trinajstić information content (AvgIpc) is 2.51. The first-order valence-corrected chi connectivity index (χ1v) is 6.73. The summed E-state index contributed by atoms with van der Waals surface area (Å²) in [5, 5.41) is 2.59. The molecule has 0 aliphatic heterocycles. The molecule has 0 saturated heterocycles. The van der Waals surface area contributed by atoms with Gasteiger partial charge in [-0.05, 0) is 19.1 Å². The van der Waals surface area contributed by atoms with Crippen molar-refractivity contribution in [1.29, 1.82) is 0 Å². The van der Waals surface area contributed by atoms with E-state index in [1.165, 1.54) is 35.3 Å². The van der Waals surface area contributed by atoms with Gasteiger partial charge in [-0.3, -0.25) is 14.2 Å². The smallest absolute Gasteiger partial charge is 0.258 e. The summed E-state index contributed by atoms with van der Waals surface area (Å²) in [6.45, 7) is 1.94. The highest BCUT2D eigenvalue weighted by Gasteiger charge is 2.06. The normalized spacial score (nSPS) is 10.3. The molecule has 6 nitrogen and oxygen atoms in total. The van der Waals surface area contributed by atoms with Gasteiger partial charge in [0.2, 0.25) is 0 Å². The molecule has 0 saturated carbocycles. The van der Waals surface area contributed by atoms with E-state index in [0.717, 1.165) is 0 Å². The van der Waals surface area contributed by atoms with Crippen molar-refractivity contribution in [3.8, 4) is 5.75 Å². The van der Waals surface area contributed by atoms with Crippen molar-refractivity contribution in [2.45, 2.75) is 13.5 Å². The fraction of sp³-hybridized carbons (Fsp3) is 0.267. The van der Waals surface area contributed by atoms with Gasteiger partial charge in [-0.1, -0.05) is 12.1 Å². The first-order valence-electron chi connectivity index (χ1n) is 6.73. The van der Waals surface area contributed by atoms with Crippen molar-refractivity contribution < 1.29 is 13.9 Å². The van der Waals surface area contributed by atoms with Gasteiger partial charge in [-0.15, -0.1) is 0 Å². The molecular weight excluding hydrogens is 289 g/mol. The van der Waals surface area contributed by atoms with Crippen LogP contribution in [0.5, 0.6) is 5.75 Å². The first-order chi connectivity index (χ1) is 10.6. The molecule has 0 atom stereocenters. The van der Waals surface area contributed by atoms with Gasteiger partial charge in [-0.2, -0.15) is 0 Å². The second-order valence-electron chi connectivity index (χ2n) is 4.64. The largest absolute Gasteiger partial charge is 0.481 e. The molecule has 0 unspecified atom stereocenters. The van der Waals surface area contributed by atoms with Crippen molar-refractivity contribution in [1.82, 2.24) is 14.9 Å². The lowest BCUT2D eigenvalue weighted by Crippen LogP contribution is -2.34. The van der Waals surface area contributed by atoms with E-state index in [2.05, 4.69) is 10.3 Å². The Hall–Kier alpha value is -2.70. The Morgan fingerprint density at radius 1 is 1.41 bits per heavy atom.